The van der Waals surface area contributed by atoms with E-state index in [-0.39, 0.29) is 5.82 Å². The number of aromatic nitrogens is 2. The van der Waals surface area contributed by atoms with Gasteiger partial charge in [0, 0.05) is 16.8 Å². The Balaban J connectivity index is 1.98. The van der Waals surface area contributed by atoms with Crippen molar-refractivity contribution in [1.82, 2.24) is 4.98 Å². The van der Waals surface area contributed by atoms with Gasteiger partial charge in [-0.05, 0) is 41.7 Å². The van der Waals surface area contributed by atoms with Gasteiger partial charge in [0.05, 0.1) is 18.0 Å². The molecule has 2 heterocycles. The average molecular weight is 343 g/mol. The van der Waals surface area contributed by atoms with Gasteiger partial charge in [-0.15, -0.1) is 0 Å². The molecule has 4 heteroatoms. The molecular weight excluding hydrogens is 327 g/mol. The van der Waals surface area contributed by atoms with Crippen molar-refractivity contribution >= 4 is 32.8 Å². The van der Waals surface area contributed by atoms with E-state index in [4.69, 9.17) is 4.42 Å². The largest absolute Gasteiger partial charge is 0.455 e. The Kier molecular flexibility index (Phi) is 3.10. The lowest BCUT2D eigenvalue weighted by molar-refractivity contribution is -0.662. The summed E-state index contributed by atoms with van der Waals surface area (Å²) in [5, 5.41) is 2.96. The van der Waals surface area contributed by atoms with Crippen LogP contribution >= 0.6 is 0 Å². The van der Waals surface area contributed by atoms with Crippen molar-refractivity contribution in [2.24, 2.45) is 7.05 Å². The van der Waals surface area contributed by atoms with Crippen LogP contribution < -0.4 is 4.57 Å². The molecule has 5 aromatic rings. The maximum Gasteiger partial charge on any atom is 0.287 e. The maximum absolute atomic E-state index is 13.7. The lowest BCUT2D eigenvalue weighted by atomic mass is 9.98. The maximum atomic E-state index is 13.7. The van der Waals surface area contributed by atoms with Crippen LogP contribution in [0.1, 0.15) is 5.56 Å². The van der Waals surface area contributed by atoms with E-state index in [1.54, 1.807) is 6.07 Å². The number of furan rings is 1. The monoisotopic (exact) mass is 343 g/mol. The molecule has 126 valence electrons. The lowest BCUT2D eigenvalue weighted by Crippen LogP contribution is -2.31. The van der Waals surface area contributed by atoms with E-state index < -0.39 is 0 Å². The van der Waals surface area contributed by atoms with Crippen molar-refractivity contribution in [1.29, 1.82) is 0 Å². The van der Waals surface area contributed by atoms with Crippen LogP contribution in [-0.4, -0.2) is 4.98 Å². The summed E-state index contributed by atoms with van der Waals surface area (Å²) in [6.45, 7) is 2.07. The van der Waals surface area contributed by atoms with Gasteiger partial charge in [0.15, 0.2) is 5.52 Å². The molecule has 3 aromatic carbocycles. The van der Waals surface area contributed by atoms with E-state index in [0.29, 0.717) is 5.58 Å². The topological polar surface area (TPSA) is 29.9 Å². The second-order valence-electron chi connectivity index (χ2n) is 6.60. The van der Waals surface area contributed by atoms with E-state index >= 15 is 0 Å². The molecule has 0 atom stereocenters. The highest BCUT2D eigenvalue weighted by molar-refractivity contribution is 6.11. The van der Waals surface area contributed by atoms with Gasteiger partial charge in [-0.3, -0.25) is 0 Å². The van der Waals surface area contributed by atoms with Gasteiger partial charge in [-0.2, -0.15) is 0 Å². The third-order valence-corrected chi connectivity index (χ3v) is 4.93. The summed E-state index contributed by atoms with van der Waals surface area (Å²) in [4.78, 5) is 4.51. The summed E-state index contributed by atoms with van der Waals surface area (Å²) in [5.41, 5.74) is 5.42. The second-order valence-corrected chi connectivity index (χ2v) is 6.60. The Morgan fingerprint density at radius 2 is 1.77 bits per heavy atom. The third kappa shape index (κ3) is 2.05. The first-order valence-electron chi connectivity index (χ1n) is 8.48. The van der Waals surface area contributed by atoms with E-state index in [1.165, 1.54) is 12.1 Å². The fourth-order valence-electron chi connectivity index (χ4n) is 3.70. The van der Waals surface area contributed by atoms with Crippen molar-refractivity contribution in [3.8, 4) is 11.3 Å². The minimum Gasteiger partial charge on any atom is -0.455 e. The SMILES string of the molecule is Cc1ccc2c(oc3cc(F)ccc32)c1-c1c2ccccc2nc[n+]1C. The van der Waals surface area contributed by atoms with Crippen molar-refractivity contribution in [2.45, 2.75) is 6.92 Å². The van der Waals surface area contributed by atoms with E-state index in [1.807, 2.05) is 42.2 Å². The summed E-state index contributed by atoms with van der Waals surface area (Å²) in [6, 6.07) is 16.9. The minimum absolute atomic E-state index is 0.297. The third-order valence-electron chi connectivity index (χ3n) is 4.93. The van der Waals surface area contributed by atoms with Gasteiger partial charge in [0.1, 0.15) is 22.7 Å². The quantitative estimate of drug-likeness (QED) is 0.398. The molecule has 0 aliphatic carbocycles. The predicted octanol–water partition coefficient (Wildman–Crippen LogP) is 5.07. The Morgan fingerprint density at radius 1 is 0.962 bits per heavy atom. The van der Waals surface area contributed by atoms with Gasteiger partial charge < -0.3 is 4.42 Å². The Morgan fingerprint density at radius 3 is 2.65 bits per heavy atom. The first-order chi connectivity index (χ1) is 12.6. The molecule has 26 heavy (non-hydrogen) atoms. The first kappa shape index (κ1) is 15.0. The van der Waals surface area contributed by atoms with Crippen molar-refractivity contribution < 1.29 is 13.4 Å². The van der Waals surface area contributed by atoms with Crippen LogP contribution in [0.5, 0.6) is 0 Å². The zero-order valence-electron chi connectivity index (χ0n) is 14.5. The van der Waals surface area contributed by atoms with Crippen LogP contribution in [0, 0.1) is 12.7 Å². The predicted molar refractivity (Wildman–Crippen MR) is 100 cm³/mol. The van der Waals surface area contributed by atoms with Gasteiger partial charge in [0.2, 0.25) is 0 Å². The minimum atomic E-state index is -0.297. The normalized spacial score (nSPS) is 11.7. The standard InChI is InChI=1S/C22H16FN2O/c1-13-7-9-16-15-10-8-14(23)11-19(15)26-22(16)20(13)21-17-5-3-4-6-18(17)24-12-25(21)2/h3-12H,1-2H3/q+1. The highest BCUT2D eigenvalue weighted by Crippen LogP contribution is 2.38. The second kappa shape index (κ2) is 5.36. The summed E-state index contributed by atoms with van der Waals surface area (Å²) < 4.78 is 21.8. The fraction of sp³-hybridized carbons (Fsp3) is 0.0909. The highest BCUT2D eigenvalue weighted by atomic mass is 19.1. The lowest BCUT2D eigenvalue weighted by Gasteiger charge is -2.09. The Labute approximate surface area is 149 Å². The van der Waals surface area contributed by atoms with Gasteiger partial charge in [-0.25, -0.2) is 8.96 Å². The molecule has 0 amide bonds. The number of nitrogens with zero attached hydrogens (tertiary/aromatic N) is 2. The number of para-hydroxylation sites is 1. The fourth-order valence-corrected chi connectivity index (χ4v) is 3.70. The molecule has 0 unspecified atom stereocenters. The van der Waals surface area contributed by atoms with Crippen LogP contribution in [0.4, 0.5) is 4.39 Å². The Hall–Kier alpha value is -3.27. The zero-order chi connectivity index (χ0) is 17.8. The smallest absolute Gasteiger partial charge is 0.287 e. The van der Waals surface area contributed by atoms with Crippen molar-refractivity contribution in [2.75, 3.05) is 0 Å². The molecule has 0 spiro atoms. The molecule has 0 aliphatic rings. The number of hydrogen-bond acceptors (Lipinski definition) is 2. The zero-order valence-corrected chi connectivity index (χ0v) is 14.5. The van der Waals surface area contributed by atoms with Crippen LogP contribution in [0.25, 0.3) is 44.1 Å². The molecule has 0 aliphatic heterocycles. The van der Waals surface area contributed by atoms with E-state index in [9.17, 15) is 4.39 Å². The van der Waals surface area contributed by atoms with E-state index in [0.717, 1.165) is 44.1 Å². The molecule has 0 radical (unpaired) electrons. The van der Waals surface area contributed by atoms with Crippen LogP contribution in [0.15, 0.2) is 65.3 Å². The molecule has 2 aromatic heterocycles. The van der Waals surface area contributed by atoms with E-state index in [2.05, 4.69) is 24.0 Å². The average Bonchev–Trinajstić information content (AvgIpc) is 3.00. The molecule has 0 saturated carbocycles. The molecule has 0 fully saturated rings. The number of halogens is 1. The Bertz CT molecular complexity index is 1320. The number of rotatable bonds is 1. The molecular formula is C22H16FN2O+. The summed E-state index contributed by atoms with van der Waals surface area (Å²) in [6.07, 6.45) is 1.82. The molecule has 5 rings (SSSR count). The van der Waals surface area contributed by atoms with Gasteiger partial charge >= 0.3 is 0 Å². The van der Waals surface area contributed by atoms with Crippen LogP contribution in [-0.2, 0) is 7.05 Å². The van der Waals surface area contributed by atoms with Crippen LogP contribution in [0.2, 0.25) is 0 Å². The molecule has 3 nitrogen and oxygen atoms in total. The number of benzene rings is 3. The number of hydrogen-bond donors (Lipinski definition) is 0. The number of aryl methyl sites for hydroxylation is 2. The number of fused-ring (bicyclic) bond motifs is 4. The van der Waals surface area contributed by atoms with Gasteiger partial charge in [-0.1, -0.05) is 24.3 Å². The van der Waals surface area contributed by atoms with Crippen molar-refractivity contribution in [3.63, 3.8) is 0 Å². The van der Waals surface area contributed by atoms with Crippen LogP contribution in [0.3, 0.4) is 0 Å². The molecule has 0 saturated heterocycles. The summed E-state index contributed by atoms with van der Waals surface area (Å²) in [5.74, 6) is -0.297. The summed E-state index contributed by atoms with van der Waals surface area (Å²) in [7, 11) is 1.98. The first-order valence-corrected chi connectivity index (χ1v) is 8.48. The molecule has 0 N–H and O–H groups in total. The summed E-state index contributed by atoms with van der Waals surface area (Å²) >= 11 is 0. The van der Waals surface area contributed by atoms with Crippen molar-refractivity contribution in [3.05, 3.63) is 72.3 Å². The highest BCUT2D eigenvalue weighted by Gasteiger charge is 2.22. The molecule has 0 bridgehead atoms. The van der Waals surface area contributed by atoms with Gasteiger partial charge in [0.25, 0.3) is 6.33 Å².